The fourth-order valence-corrected chi connectivity index (χ4v) is 1.33. The lowest BCUT2D eigenvalue weighted by Crippen LogP contribution is -2.09. The van der Waals surface area contributed by atoms with Crippen molar-refractivity contribution in [3.63, 3.8) is 0 Å². The zero-order valence-electron chi connectivity index (χ0n) is 11.2. The molecule has 0 aliphatic carbocycles. The summed E-state index contributed by atoms with van der Waals surface area (Å²) in [5.74, 6) is -1.00. The highest BCUT2D eigenvalue weighted by atomic mass is 16.5. The Morgan fingerprint density at radius 3 is 2.50 bits per heavy atom. The first-order valence-electron chi connectivity index (χ1n) is 6.14. The molecule has 0 fully saturated rings. The maximum absolute atomic E-state index is 11.3. The Morgan fingerprint density at radius 2 is 1.90 bits per heavy atom. The Hall–Kier alpha value is -2.34. The van der Waals surface area contributed by atoms with E-state index in [0.29, 0.717) is 31.3 Å². The van der Waals surface area contributed by atoms with Crippen LogP contribution in [0.25, 0.3) is 0 Å². The van der Waals surface area contributed by atoms with Gasteiger partial charge in [0.1, 0.15) is 12.4 Å². The van der Waals surface area contributed by atoms with Gasteiger partial charge in [-0.2, -0.15) is 0 Å². The molecule has 6 nitrogen and oxygen atoms in total. The highest BCUT2D eigenvalue weighted by molar-refractivity contribution is 6.02. The zero-order chi connectivity index (χ0) is 14.8. The van der Waals surface area contributed by atoms with Crippen molar-refractivity contribution in [3.8, 4) is 5.75 Å². The van der Waals surface area contributed by atoms with Crippen LogP contribution in [-0.4, -0.2) is 36.8 Å². The second-order valence-corrected chi connectivity index (χ2v) is 3.73. The number of benzene rings is 1. The van der Waals surface area contributed by atoms with Crippen LogP contribution in [0.5, 0.6) is 5.75 Å². The molecule has 0 spiro atoms. The number of hydrogen-bond acceptors (Lipinski definition) is 4. The minimum absolute atomic E-state index is 0.459. The number of carboxylic acid groups (broad SMARTS) is 1. The highest BCUT2D eigenvalue weighted by Gasteiger charge is 2.00. The number of carbonyl (C=O) groups is 2. The molecule has 1 amide bonds. The van der Waals surface area contributed by atoms with E-state index in [1.54, 1.807) is 24.3 Å². The van der Waals surface area contributed by atoms with Crippen molar-refractivity contribution in [2.75, 3.05) is 25.1 Å². The van der Waals surface area contributed by atoms with E-state index < -0.39 is 11.9 Å². The molecular formula is C14H17NO5. The van der Waals surface area contributed by atoms with Gasteiger partial charge in [0, 0.05) is 24.4 Å². The van der Waals surface area contributed by atoms with Gasteiger partial charge in [-0.3, -0.25) is 4.79 Å². The van der Waals surface area contributed by atoms with Crippen LogP contribution in [0.2, 0.25) is 0 Å². The maximum atomic E-state index is 11.3. The summed E-state index contributed by atoms with van der Waals surface area (Å²) in [6.07, 6.45) is 1.73. The third kappa shape index (κ3) is 6.55. The molecule has 108 valence electrons. The SMILES string of the molecule is CCOCCOc1ccc(NC(=O)/C=C/C(=O)O)cc1. The second-order valence-electron chi connectivity index (χ2n) is 3.73. The summed E-state index contributed by atoms with van der Waals surface area (Å²) in [4.78, 5) is 21.6. The van der Waals surface area contributed by atoms with Crippen molar-refractivity contribution >= 4 is 17.6 Å². The van der Waals surface area contributed by atoms with Crippen LogP contribution in [0.4, 0.5) is 5.69 Å². The number of nitrogens with one attached hydrogen (secondary N) is 1. The van der Waals surface area contributed by atoms with Crippen LogP contribution < -0.4 is 10.1 Å². The van der Waals surface area contributed by atoms with E-state index in [4.69, 9.17) is 14.6 Å². The van der Waals surface area contributed by atoms with E-state index in [9.17, 15) is 9.59 Å². The number of rotatable bonds is 8. The Morgan fingerprint density at radius 1 is 1.20 bits per heavy atom. The molecule has 0 aromatic heterocycles. The lowest BCUT2D eigenvalue weighted by atomic mass is 10.3. The van der Waals surface area contributed by atoms with Crippen molar-refractivity contribution in [3.05, 3.63) is 36.4 Å². The van der Waals surface area contributed by atoms with E-state index in [-0.39, 0.29) is 0 Å². The third-order valence-electron chi connectivity index (χ3n) is 2.20. The van der Waals surface area contributed by atoms with E-state index in [1.807, 2.05) is 6.92 Å². The number of anilines is 1. The lowest BCUT2D eigenvalue weighted by molar-refractivity contribution is -0.131. The van der Waals surface area contributed by atoms with Gasteiger partial charge in [0.2, 0.25) is 5.91 Å². The average Bonchev–Trinajstić information content (AvgIpc) is 2.43. The van der Waals surface area contributed by atoms with Gasteiger partial charge in [0.05, 0.1) is 6.61 Å². The molecule has 20 heavy (non-hydrogen) atoms. The first-order valence-corrected chi connectivity index (χ1v) is 6.14. The smallest absolute Gasteiger partial charge is 0.328 e. The Balaban J connectivity index is 2.42. The standard InChI is InChI=1S/C14H17NO5/c1-2-19-9-10-20-12-5-3-11(4-6-12)15-13(16)7-8-14(17)18/h3-8H,2,9-10H2,1H3,(H,15,16)(H,17,18)/b8-7+. The number of aliphatic carboxylic acids is 1. The van der Waals surface area contributed by atoms with Gasteiger partial charge >= 0.3 is 5.97 Å². The summed E-state index contributed by atoms with van der Waals surface area (Å²) in [5, 5.41) is 10.9. The molecule has 1 aromatic carbocycles. The Bertz CT molecular complexity index is 467. The summed E-state index contributed by atoms with van der Waals surface area (Å²) in [6.45, 7) is 3.55. The van der Waals surface area contributed by atoms with E-state index in [0.717, 1.165) is 12.2 Å². The van der Waals surface area contributed by atoms with Gasteiger partial charge in [-0.05, 0) is 31.2 Å². The molecule has 0 bridgehead atoms. The molecular weight excluding hydrogens is 262 g/mol. The summed E-state index contributed by atoms with van der Waals surface area (Å²) in [7, 11) is 0. The minimum atomic E-state index is -1.17. The summed E-state index contributed by atoms with van der Waals surface area (Å²) >= 11 is 0. The molecule has 0 saturated carbocycles. The van der Waals surface area contributed by atoms with Crippen LogP contribution in [0.3, 0.4) is 0 Å². The minimum Gasteiger partial charge on any atom is -0.491 e. The monoisotopic (exact) mass is 279 g/mol. The molecule has 2 N–H and O–H groups in total. The fraction of sp³-hybridized carbons (Fsp3) is 0.286. The van der Waals surface area contributed by atoms with Gasteiger partial charge < -0.3 is 19.9 Å². The Labute approximate surface area is 117 Å². The van der Waals surface area contributed by atoms with Crippen LogP contribution in [0, 0.1) is 0 Å². The third-order valence-corrected chi connectivity index (χ3v) is 2.20. The summed E-state index contributed by atoms with van der Waals surface area (Å²) in [5.41, 5.74) is 0.558. The van der Waals surface area contributed by atoms with Crippen LogP contribution in [0.1, 0.15) is 6.92 Å². The number of hydrogen-bond donors (Lipinski definition) is 2. The normalized spacial score (nSPS) is 10.4. The van der Waals surface area contributed by atoms with Crippen molar-refractivity contribution in [2.45, 2.75) is 6.92 Å². The quantitative estimate of drug-likeness (QED) is 0.558. The topological polar surface area (TPSA) is 84.9 Å². The molecule has 1 aromatic rings. The van der Waals surface area contributed by atoms with Crippen molar-refractivity contribution in [2.24, 2.45) is 0 Å². The predicted molar refractivity (Wildman–Crippen MR) is 73.8 cm³/mol. The van der Waals surface area contributed by atoms with Gasteiger partial charge in [0.25, 0.3) is 0 Å². The molecule has 0 saturated heterocycles. The lowest BCUT2D eigenvalue weighted by Gasteiger charge is -2.07. The van der Waals surface area contributed by atoms with Crippen LogP contribution in [0.15, 0.2) is 36.4 Å². The zero-order valence-corrected chi connectivity index (χ0v) is 11.2. The number of ether oxygens (including phenoxy) is 2. The maximum Gasteiger partial charge on any atom is 0.328 e. The van der Waals surface area contributed by atoms with Crippen molar-refractivity contribution in [1.29, 1.82) is 0 Å². The second kappa shape index (κ2) is 8.71. The first-order chi connectivity index (χ1) is 9.61. The van der Waals surface area contributed by atoms with Crippen molar-refractivity contribution < 1.29 is 24.2 Å². The number of carbonyl (C=O) groups excluding carboxylic acids is 1. The summed E-state index contributed by atoms with van der Waals surface area (Å²) < 4.78 is 10.6. The average molecular weight is 279 g/mol. The van der Waals surface area contributed by atoms with E-state index in [1.165, 1.54) is 0 Å². The van der Waals surface area contributed by atoms with Gasteiger partial charge in [-0.1, -0.05) is 0 Å². The van der Waals surface area contributed by atoms with Crippen LogP contribution >= 0.6 is 0 Å². The molecule has 0 unspecified atom stereocenters. The van der Waals surface area contributed by atoms with E-state index >= 15 is 0 Å². The fourth-order valence-electron chi connectivity index (χ4n) is 1.33. The first kappa shape index (κ1) is 15.7. The largest absolute Gasteiger partial charge is 0.491 e. The molecule has 6 heteroatoms. The van der Waals surface area contributed by atoms with Crippen LogP contribution in [-0.2, 0) is 14.3 Å². The Kier molecular flexibility index (Phi) is 6.84. The number of amides is 1. The molecule has 0 radical (unpaired) electrons. The molecule has 1 rings (SSSR count). The number of carboxylic acids is 1. The highest BCUT2D eigenvalue weighted by Crippen LogP contribution is 2.15. The molecule has 0 atom stereocenters. The van der Waals surface area contributed by atoms with Gasteiger partial charge in [-0.25, -0.2) is 4.79 Å². The molecule has 0 aliphatic rings. The van der Waals surface area contributed by atoms with Gasteiger partial charge in [0.15, 0.2) is 0 Å². The predicted octanol–water partition coefficient (Wildman–Crippen LogP) is 1.68. The molecule has 0 heterocycles. The van der Waals surface area contributed by atoms with Gasteiger partial charge in [-0.15, -0.1) is 0 Å². The van der Waals surface area contributed by atoms with E-state index in [2.05, 4.69) is 5.32 Å². The summed E-state index contributed by atoms with van der Waals surface area (Å²) in [6, 6.07) is 6.76. The van der Waals surface area contributed by atoms with Crippen molar-refractivity contribution in [1.82, 2.24) is 0 Å². The molecule has 0 aliphatic heterocycles.